The molecule has 2 saturated heterocycles. The summed E-state index contributed by atoms with van der Waals surface area (Å²) in [6.45, 7) is -1.10. The molecule has 0 aliphatic carbocycles. The quantitative estimate of drug-likeness (QED) is 0.225. The van der Waals surface area contributed by atoms with Crippen molar-refractivity contribution in [1.29, 1.82) is 0 Å². The van der Waals surface area contributed by atoms with E-state index >= 15 is 0 Å². The van der Waals surface area contributed by atoms with Gasteiger partial charge >= 0.3 is 35.6 Å². The summed E-state index contributed by atoms with van der Waals surface area (Å²) in [5, 5.41) is 17.7. The summed E-state index contributed by atoms with van der Waals surface area (Å²) < 4.78 is 12.9. The van der Waals surface area contributed by atoms with E-state index in [-0.39, 0.29) is 0 Å². The smallest absolute Gasteiger partial charge is 0.452 e. The Bertz CT molecular complexity index is 537. The monoisotopic (exact) mass is 306 g/mol. The lowest BCUT2D eigenvalue weighted by molar-refractivity contribution is -0.443. The maximum absolute atomic E-state index is 11.7. The van der Waals surface area contributed by atoms with E-state index in [0.29, 0.717) is 0 Å². The number of aliphatic carboxylic acids is 1. The van der Waals surface area contributed by atoms with Crippen LogP contribution in [0.4, 0.5) is 0 Å². The maximum Gasteiger partial charge on any atom is 0.452 e. The van der Waals surface area contributed by atoms with E-state index < -0.39 is 54.4 Å². The number of hydrogen-bond acceptors (Lipinski definition) is 11. The van der Waals surface area contributed by atoms with Crippen LogP contribution in [0.3, 0.4) is 0 Å². The van der Waals surface area contributed by atoms with E-state index in [1.165, 1.54) is 0 Å². The molecule has 2 N–H and O–H groups in total. The first kappa shape index (κ1) is 14.7. The van der Waals surface area contributed by atoms with Crippen molar-refractivity contribution in [3.8, 4) is 0 Å². The van der Waals surface area contributed by atoms with Crippen molar-refractivity contribution < 1.29 is 58.2 Å². The second-order valence-corrected chi connectivity index (χ2v) is 3.72. The van der Waals surface area contributed by atoms with E-state index in [0.717, 1.165) is 0 Å². The highest BCUT2D eigenvalue weighted by molar-refractivity contribution is 6.08. The van der Waals surface area contributed by atoms with Crippen molar-refractivity contribution in [2.45, 2.75) is 18.0 Å². The summed E-state index contributed by atoms with van der Waals surface area (Å²) in [6, 6.07) is 0. The fraction of sp³-hybridized carbons (Fsp3) is 0.444. The molecule has 2 fully saturated rings. The van der Waals surface area contributed by atoms with Gasteiger partial charge in [-0.25, -0.2) is 24.0 Å². The molecule has 0 aromatic heterocycles. The highest BCUT2D eigenvalue weighted by atomic mass is 17.3. The van der Waals surface area contributed by atoms with Gasteiger partial charge in [0.25, 0.3) is 6.10 Å². The van der Waals surface area contributed by atoms with Gasteiger partial charge in [0, 0.05) is 0 Å². The number of ether oxygens (including phenoxy) is 3. The van der Waals surface area contributed by atoms with Crippen molar-refractivity contribution in [3.63, 3.8) is 0 Å². The molecule has 2 heterocycles. The van der Waals surface area contributed by atoms with Crippen LogP contribution >= 0.6 is 0 Å². The Morgan fingerprint density at radius 1 is 1.10 bits per heavy atom. The van der Waals surface area contributed by atoms with Crippen LogP contribution in [-0.2, 0) is 48.0 Å². The third kappa shape index (κ3) is 2.25. The number of hydrogen-bond donors (Lipinski definition) is 2. The van der Waals surface area contributed by atoms with Crippen molar-refractivity contribution in [3.05, 3.63) is 0 Å². The summed E-state index contributed by atoms with van der Waals surface area (Å²) in [7, 11) is 0. The number of carbonyl (C=O) groups excluding carboxylic acids is 4. The SMILES string of the molecule is O=C1OC(C(=O)O)C(=O)OC2(OOC2=O)C(=O)OC1CO. The average molecular weight is 306 g/mol. The highest BCUT2D eigenvalue weighted by Crippen LogP contribution is 2.30. The van der Waals surface area contributed by atoms with Crippen LogP contribution in [0.5, 0.6) is 0 Å². The molecule has 2 aliphatic heterocycles. The number of carbonyl (C=O) groups is 5. The fourth-order valence-corrected chi connectivity index (χ4v) is 1.32. The van der Waals surface area contributed by atoms with E-state index in [2.05, 4.69) is 24.0 Å². The molecule has 0 radical (unpaired) electrons. The van der Waals surface area contributed by atoms with Gasteiger partial charge in [-0.3, -0.25) is 4.89 Å². The minimum Gasteiger partial charge on any atom is -0.478 e. The Labute approximate surface area is 114 Å². The lowest BCUT2D eigenvalue weighted by atomic mass is 10.2. The van der Waals surface area contributed by atoms with Crippen molar-refractivity contribution in [2.24, 2.45) is 0 Å². The zero-order valence-corrected chi connectivity index (χ0v) is 9.84. The minimum absolute atomic E-state index is 1.10. The Morgan fingerprint density at radius 2 is 1.76 bits per heavy atom. The Morgan fingerprint density at radius 3 is 2.19 bits per heavy atom. The van der Waals surface area contributed by atoms with Gasteiger partial charge in [-0.1, -0.05) is 0 Å². The Balaban J connectivity index is 2.40. The third-order valence-electron chi connectivity index (χ3n) is 2.37. The molecule has 12 nitrogen and oxygen atoms in total. The van der Waals surface area contributed by atoms with Gasteiger partial charge in [-0.2, -0.15) is 0 Å². The summed E-state index contributed by atoms with van der Waals surface area (Å²) >= 11 is 0. The van der Waals surface area contributed by atoms with Gasteiger partial charge in [0.15, 0.2) is 0 Å². The maximum atomic E-state index is 11.7. The topological polar surface area (TPSA) is 172 Å². The zero-order chi connectivity index (χ0) is 15.8. The molecule has 0 aromatic carbocycles. The summed E-state index contributed by atoms with van der Waals surface area (Å²) in [4.78, 5) is 64.7. The van der Waals surface area contributed by atoms with Crippen LogP contribution in [-0.4, -0.2) is 64.7 Å². The second-order valence-electron chi connectivity index (χ2n) is 3.72. The molecule has 0 bridgehead atoms. The third-order valence-corrected chi connectivity index (χ3v) is 2.37. The second kappa shape index (κ2) is 4.99. The van der Waals surface area contributed by atoms with Crippen LogP contribution in [0.25, 0.3) is 0 Å². The molecule has 1 spiro atoms. The van der Waals surface area contributed by atoms with E-state index in [1.807, 2.05) is 0 Å². The Kier molecular flexibility index (Phi) is 3.49. The summed E-state index contributed by atoms with van der Waals surface area (Å²) in [5.74, 6) is -11.4. The highest BCUT2D eigenvalue weighted by Gasteiger charge is 2.67. The van der Waals surface area contributed by atoms with Gasteiger partial charge in [-0.05, 0) is 0 Å². The van der Waals surface area contributed by atoms with Crippen LogP contribution in [0.1, 0.15) is 0 Å². The van der Waals surface area contributed by atoms with Crippen LogP contribution < -0.4 is 0 Å². The standard InChI is InChI=1S/C9H6O12/c10-1-2-5(13)18-3(4(11)12)6(14)19-9(7(15)17-2)8(16)20-21-9/h2-3,10H,1H2,(H,11,12). The van der Waals surface area contributed by atoms with Gasteiger partial charge < -0.3 is 24.4 Å². The minimum atomic E-state index is -2.99. The van der Waals surface area contributed by atoms with E-state index in [4.69, 9.17) is 10.2 Å². The van der Waals surface area contributed by atoms with Crippen molar-refractivity contribution >= 4 is 29.8 Å². The number of rotatable bonds is 2. The lowest BCUT2D eigenvalue weighted by Gasteiger charge is -2.32. The van der Waals surface area contributed by atoms with E-state index in [9.17, 15) is 24.0 Å². The van der Waals surface area contributed by atoms with Gasteiger partial charge in [0.2, 0.25) is 6.10 Å². The molecule has 0 aromatic rings. The summed E-state index contributed by atoms with van der Waals surface area (Å²) in [6.07, 6.45) is -4.47. The molecule has 3 atom stereocenters. The molecule has 114 valence electrons. The normalized spacial score (nSPS) is 32.6. The predicted molar refractivity (Wildman–Crippen MR) is 50.5 cm³/mol. The number of cyclic esters (lactones) is 2. The average Bonchev–Trinajstić information content (AvgIpc) is 2.47. The van der Waals surface area contributed by atoms with Crippen molar-refractivity contribution in [2.75, 3.05) is 6.61 Å². The summed E-state index contributed by atoms with van der Waals surface area (Å²) in [5.41, 5.74) is 0. The number of aliphatic hydroxyl groups excluding tert-OH is 1. The van der Waals surface area contributed by atoms with Crippen LogP contribution in [0.2, 0.25) is 0 Å². The fourth-order valence-electron chi connectivity index (χ4n) is 1.32. The van der Waals surface area contributed by atoms with E-state index in [1.54, 1.807) is 0 Å². The molecule has 21 heavy (non-hydrogen) atoms. The molecule has 0 amide bonds. The van der Waals surface area contributed by atoms with Crippen molar-refractivity contribution in [1.82, 2.24) is 0 Å². The van der Waals surface area contributed by atoms with Crippen LogP contribution in [0, 0.1) is 0 Å². The van der Waals surface area contributed by atoms with Gasteiger partial charge in [-0.15, -0.1) is 4.89 Å². The molecule has 12 heteroatoms. The molecule has 3 unspecified atom stereocenters. The Hall–Kier alpha value is -2.73. The predicted octanol–water partition coefficient (Wildman–Crippen LogP) is -3.37. The molecular weight excluding hydrogens is 300 g/mol. The number of aliphatic hydroxyl groups is 1. The number of carboxylic acids is 1. The number of carboxylic acid groups (broad SMARTS) is 1. The zero-order valence-electron chi connectivity index (χ0n) is 9.84. The number of esters is 3. The molecular formula is C9H6O12. The molecule has 2 rings (SSSR count). The largest absolute Gasteiger partial charge is 0.478 e. The first-order valence-electron chi connectivity index (χ1n) is 5.20. The van der Waals surface area contributed by atoms with Gasteiger partial charge in [0.1, 0.15) is 0 Å². The first-order valence-corrected chi connectivity index (χ1v) is 5.20. The molecule has 2 aliphatic rings. The molecule has 0 saturated carbocycles. The lowest BCUT2D eigenvalue weighted by Crippen LogP contribution is -2.63. The van der Waals surface area contributed by atoms with Crippen LogP contribution in [0.15, 0.2) is 0 Å². The van der Waals surface area contributed by atoms with Gasteiger partial charge in [0.05, 0.1) is 6.61 Å². The first-order chi connectivity index (χ1) is 9.81.